The topological polar surface area (TPSA) is 38.1 Å². The van der Waals surface area contributed by atoms with Crippen molar-refractivity contribution in [1.82, 2.24) is 10.3 Å². The van der Waals surface area contributed by atoms with Crippen LogP contribution in [0.5, 0.6) is 0 Å². The maximum Gasteiger partial charge on any atom is 0.0935 e. The average Bonchev–Trinajstić information content (AvgIpc) is 2.83. The zero-order valence-electron chi connectivity index (χ0n) is 9.39. The van der Waals surface area contributed by atoms with Gasteiger partial charge in [-0.05, 0) is 42.3 Å². The van der Waals surface area contributed by atoms with Gasteiger partial charge in [-0.25, -0.2) is 0 Å². The lowest BCUT2D eigenvalue weighted by Gasteiger charge is -2.17. The highest BCUT2D eigenvalue weighted by Gasteiger charge is 2.11. The third-order valence-corrected chi connectivity index (χ3v) is 2.58. The fourth-order valence-electron chi connectivity index (χ4n) is 1.79. The molecule has 1 unspecified atom stereocenters. The summed E-state index contributed by atoms with van der Waals surface area (Å²) in [6.45, 7) is 3.06. The molecular formula is C13H16N2O. The molecule has 0 radical (unpaired) electrons. The van der Waals surface area contributed by atoms with E-state index >= 15 is 0 Å². The fourth-order valence-corrected chi connectivity index (χ4v) is 1.79. The van der Waals surface area contributed by atoms with Gasteiger partial charge in [0.15, 0.2) is 0 Å². The summed E-state index contributed by atoms with van der Waals surface area (Å²) in [4.78, 5) is 4.04. The van der Waals surface area contributed by atoms with Crippen molar-refractivity contribution in [3.05, 3.63) is 54.2 Å². The third kappa shape index (κ3) is 2.70. The van der Waals surface area contributed by atoms with Gasteiger partial charge in [0.2, 0.25) is 0 Å². The fraction of sp³-hybridized carbons (Fsp3) is 0.308. The quantitative estimate of drug-likeness (QED) is 0.834. The molecule has 0 aliphatic carbocycles. The molecule has 2 rings (SSSR count). The van der Waals surface area contributed by atoms with Crippen LogP contribution in [0.1, 0.15) is 24.1 Å². The number of furan rings is 1. The van der Waals surface area contributed by atoms with Gasteiger partial charge in [-0.2, -0.15) is 0 Å². The van der Waals surface area contributed by atoms with Crippen LogP contribution in [0.15, 0.2) is 47.5 Å². The minimum absolute atomic E-state index is 0.325. The van der Waals surface area contributed by atoms with Gasteiger partial charge in [-0.3, -0.25) is 4.98 Å². The second-order valence-electron chi connectivity index (χ2n) is 3.73. The number of aromatic nitrogens is 1. The van der Waals surface area contributed by atoms with Crippen LogP contribution < -0.4 is 5.32 Å². The highest BCUT2D eigenvalue weighted by molar-refractivity contribution is 5.19. The Labute approximate surface area is 95.5 Å². The first-order chi connectivity index (χ1) is 7.90. The predicted molar refractivity (Wildman–Crippen MR) is 63.1 cm³/mol. The highest BCUT2D eigenvalue weighted by atomic mass is 16.3. The van der Waals surface area contributed by atoms with E-state index in [0.717, 1.165) is 13.0 Å². The third-order valence-electron chi connectivity index (χ3n) is 2.58. The smallest absolute Gasteiger partial charge is 0.0935 e. The van der Waals surface area contributed by atoms with E-state index in [-0.39, 0.29) is 0 Å². The maximum atomic E-state index is 5.09. The van der Waals surface area contributed by atoms with Gasteiger partial charge < -0.3 is 9.73 Å². The molecule has 0 saturated carbocycles. The van der Waals surface area contributed by atoms with Crippen molar-refractivity contribution in [3.8, 4) is 0 Å². The minimum Gasteiger partial charge on any atom is -0.472 e. The van der Waals surface area contributed by atoms with Gasteiger partial charge in [-0.15, -0.1) is 0 Å². The van der Waals surface area contributed by atoms with Crippen LogP contribution in [-0.2, 0) is 6.42 Å². The van der Waals surface area contributed by atoms with E-state index in [1.165, 1.54) is 11.1 Å². The van der Waals surface area contributed by atoms with Gasteiger partial charge in [0.1, 0.15) is 0 Å². The summed E-state index contributed by atoms with van der Waals surface area (Å²) in [7, 11) is 0. The van der Waals surface area contributed by atoms with Crippen molar-refractivity contribution in [2.75, 3.05) is 6.54 Å². The molecule has 1 N–H and O–H groups in total. The molecule has 3 heteroatoms. The summed E-state index contributed by atoms with van der Waals surface area (Å²) in [6.07, 6.45) is 8.11. The van der Waals surface area contributed by atoms with Crippen LogP contribution in [0.3, 0.4) is 0 Å². The Balaban J connectivity index is 2.11. The maximum absolute atomic E-state index is 5.09. The van der Waals surface area contributed by atoms with Crippen LogP contribution >= 0.6 is 0 Å². The Morgan fingerprint density at radius 1 is 1.31 bits per heavy atom. The number of likely N-dealkylation sites (N-methyl/N-ethyl adjacent to an activating group) is 1. The van der Waals surface area contributed by atoms with Crippen LogP contribution in [0.2, 0.25) is 0 Å². The number of hydrogen-bond donors (Lipinski definition) is 1. The molecule has 0 aliphatic rings. The monoisotopic (exact) mass is 216 g/mol. The number of hydrogen-bond acceptors (Lipinski definition) is 3. The van der Waals surface area contributed by atoms with Gasteiger partial charge >= 0.3 is 0 Å². The van der Waals surface area contributed by atoms with Crippen molar-refractivity contribution in [1.29, 1.82) is 0 Å². The van der Waals surface area contributed by atoms with Gasteiger partial charge in [0.25, 0.3) is 0 Å². The molecule has 84 valence electrons. The zero-order valence-corrected chi connectivity index (χ0v) is 9.39. The first kappa shape index (κ1) is 10.9. The molecular weight excluding hydrogens is 200 g/mol. The SMILES string of the molecule is CCNC(Cc1ccoc1)c1ccncc1. The van der Waals surface area contributed by atoms with Crippen LogP contribution in [0.25, 0.3) is 0 Å². The molecule has 0 aromatic carbocycles. The molecule has 2 aromatic rings. The van der Waals surface area contributed by atoms with Gasteiger partial charge in [0.05, 0.1) is 12.5 Å². The van der Waals surface area contributed by atoms with Crippen molar-refractivity contribution in [2.24, 2.45) is 0 Å². The summed E-state index contributed by atoms with van der Waals surface area (Å²) in [5, 5.41) is 3.47. The molecule has 0 bridgehead atoms. The summed E-state index contributed by atoms with van der Waals surface area (Å²) in [5.41, 5.74) is 2.47. The summed E-state index contributed by atoms with van der Waals surface area (Å²) < 4.78 is 5.09. The molecule has 2 aromatic heterocycles. The molecule has 0 aliphatic heterocycles. The Kier molecular flexibility index (Phi) is 3.72. The lowest BCUT2D eigenvalue weighted by Crippen LogP contribution is -2.22. The number of nitrogens with one attached hydrogen (secondary N) is 1. The summed E-state index contributed by atoms with van der Waals surface area (Å²) in [6, 6.07) is 6.43. The van der Waals surface area contributed by atoms with Gasteiger partial charge in [-0.1, -0.05) is 6.92 Å². The Morgan fingerprint density at radius 2 is 2.12 bits per heavy atom. The van der Waals surface area contributed by atoms with E-state index in [0.29, 0.717) is 6.04 Å². The molecule has 1 atom stereocenters. The standard InChI is InChI=1S/C13H16N2O/c1-2-15-13(9-11-5-8-16-10-11)12-3-6-14-7-4-12/h3-8,10,13,15H,2,9H2,1H3. The minimum atomic E-state index is 0.325. The molecule has 3 nitrogen and oxygen atoms in total. The van der Waals surface area contributed by atoms with Crippen molar-refractivity contribution in [3.63, 3.8) is 0 Å². The Bertz CT molecular complexity index is 397. The number of pyridine rings is 1. The van der Waals surface area contributed by atoms with E-state index in [1.807, 2.05) is 30.6 Å². The molecule has 0 spiro atoms. The Hall–Kier alpha value is -1.61. The van der Waals surface area contributed by atoms with Crippen LogP contribution in [0.4, 0.5) is 0 Å². The highest BCUT2D eigenvalue weighted by Crippen LogP contribution is 2.17. The lowest BCUT2D eigenvalue weighted by atomic mass is 10.0. The predicted octanol–water partition coefficient (Wildman–Crippen LogP) is 2.57. The molecule has 0 saturated heterocycles. The largest absolute Gasteiger partial charge is 0.472 e. The van der Waals surface area contributed by atoms with Crippen molar-refractivity contribution < 1.29 is 4.42 Å². The summed E-state index contributed by atoms with van der Waals surface area (Å²) in [5.74, 6) is 0. The molecule has 16 heavy (non-hydrogen) atoms. The number of rotatable bonds is 5. The molecule has 0 fully saturated rings. The normalized spacial score (nSPS) is 12.6. The van der Waals surface area contributed by atoms with Crippen molar-refractivity contribution >= 4 is 0 Å². The van der Waals surface area contributed by atoms with E-state index in [2.05, 4.69) is 17.2 Å². The van der Waals surface area contributed by atoms with E-state index in [1.54, 1.807) is 12.5 Å². The summed E-state index contributed by atoms with van der Waals surface area (Å²) >= 11 is 0. The Morgan fingerprint density at radius 3 is 2.75 bits per heavy atom. The first-order valence-electron chi connectivity index (χ1n) is 5.54. The molecule has 2 heterocycles. The van der Waals surface area contributed by atoms with Gasteiger partial charge in [0, 0.05) is 18.4 Å². The van der Waals surface area contributed by atoms with E-state index in [9.17, 15) is 0 Å². The van der Waals surface area contributed by atoms with Crippen LogP contribution in [0, 0.1) is 0 Å². The van der Waals surface area contributed by atoms with E-state index < -0.39 is 0 Å². The average molecular weight is 216 g/mol. The molecule has 0 amide bonds. The second-order valence-corrected chi connectivity index (χ2v) is 3.73. The second kappa shape index (κ2) is 5.47. The number of nitrogens with zero attached hydrogens (tertiary/aromatic N) is 1. The van der Waals surface area contributed by atoms with Crippen molar-refractivity contribution in [2.45, 2.75) is 19.4 Å². The van der Waals surface area contributed by atoms with Crippen LogP contribution in [-0.4, -0.2) is 11.5 Å². The first-order valence-corrected chi connectivity index (χ1v) is 5.54. The zero-order chi connectivity index (χ0) is 11.2. The lowest BCUT2D eigenvalue weighted by molar-refractivity contribution is 0.534. The van der Waals surface area contributed by atoms with E-state index in [4.69, 9.17) is 4.42 Å².